The number of hydrogen-bond acceptors (Lipinski definition) is 3. The molecule has 0 fully saturated rings. The highest BCUT2D eigenvalue weighted by atomic mass is 16.5. The lowest BCUT2D eigenvalue weighted by Gasteiger charge is -2.22. The van der Waals surface area contributed by atoms with E-state index < -0.39 is 0 Å². The van der Waals surface area contributed by atoms with E-state index in [0.717, 1.165) is 46.1 Å². The van der Waals surface area contributed by atoms with E-state index in [1.807, 2.05) is 25.7 Å². The number of aliphatic hydroxyl groups excluding tert-OH is 1. The van der Waals surface area contributed by atoms with E-state index in [0.29, 0.717) is 13.0 Å². The molecule has 4 heteroatoms. The van der Waals surface area contributed by atoms with Gasteiger partial charge in [-0.05, 0) is 19.8 Å². The van der Waals surface area contributed by atoms with E-state index in [2.05, 4.69) is 13.8 Å². The quantitative estimate of drug-likeness (QED) is 0.627. The molecule has 124 valence electrons. The van der Waals surface area contributed by atoms with Crippen LogP contribution in [0.3, 0.4) is 0 Å². The molecule has 0 bridgehead atoms. The van der Waals surface area contributed by atoms with Crippen LogP contribution in [0.2, 0.25) is 0 Å². The van der Waals surface area contributed by atoms with Crippen LogP contribution in [0.25, 0.3) is 0 Å². The fourth-order valence-corrected chi connectivity index (χ4v) is 1.63. The van der Waals surface area contributed by atoms with E-state index in [1.165, 1.54) is 6.42 Å². The summed E-state index contributed by atoms with van der Waals surface area (Å²) in [6.07, 6.45) is 5.05. The highest BCUT2D eigenvalue weighted by molar-refractivity contribution is 5.76. The average molecular weight is 291 g/mol. The molecule has 0 aromatic rings. The van der Waals surface area contributed by atoms with Gasteiger partial charge in [-0.2, -0.15) is 0 Å². The van der Waals surface area contributed by atoms with Crippen molar-refractivity contribution in [3.63, 3.8) is 0 Å². The summed E-state index contributed by atoms with van der Waals surface area (Å²) in [7, 11) is 1.00. The molecule has 0 spiro atoms. The fraction of sp³-hybridized carbons (Fsp3) is 0.938. The van der Waals surface area contributed by atoms with Crippen LogP contribution >= 0.6 is 0 Å². The smallest absolute Gasteiger partial charge is 0.222 e. The molecule has 1 amide bonds. The minimum atomic E-state index is 0.287. The summed E-state index contributed by atoms with van der Waals surface area (Å²) in [5.74, 6) is 0.287. The lowest BCUT2D eigenvalue weighted by molar-refractivity contribution is -0.132. The third-order valence-electron chi connectivity index (χ3n) is 2.55. The molecule has 20 heavy (non-hydrogen) atoms. The van der Waals surface area contributed by atoms with Crippen molar-refractivity contribution in [2.45, 2.75) is 66.7 Å². The molecule has 0 atom stereocenters. The van der Waals surface area contributed by atoms with Crippen molar-refractivity contribution in [1.29, 1.82) is 0 Å². The van der Waals surface area contributed by atoms with Gasteiger partial charge in [0.2, 0.25) is 5.91 Å². The molecule has 0 heterocycles. The Morgan fingerprint density at radius 2 is 1.60 bits per heavy atom. The highest BCUT2D eigenvalue weighted by Crippen LogP contribution is 2.04. The van der Waals surface area contributed by atoms with Crippen LogP contribution < -0.4 is 0 Å². The monoisotopic (exact) mass is 291 g/mol. The maximum atomic E-state index is 11.9. The lowest BCUT2D eigenvalue weighted by Crippen LogP contribution is -2.34. The second kappa shape index (κ2) is 23.5. The molecule has 0 saturated heterocycles. The van der Waals surface area contributed by atoms with Gasteiger partial charge >= 0.3 is 0 Å². The van der Waals surface area contributed by atoms with Crippen LogP contribution in [0.5, 0.6) is 0 Å². The largest absolute Gasteiger partial charge is 0.400 e. The van der Waals surface area contributed by atoms with Gasteiger partial charge in [-0.25, -0.2) is 0 Å². The Balaban J connectivity index is -0.000000656. The maximum absolute atomic E-state index is 11.9. The molecule has 0 aromatic carbocycles. The zero-order valence-corrected chi connectivity index (χ0v) is 14.6. The molecular formula is C16H37NO3. The number of amides is 1. The van der Waals surface area contributed by atoms with E-state index in [9.17, 15) is 4.79 Å². The van der Waals surface area contributed by atoms with Gasteiger partial charge in [0.1, 0.15) is 0 Å². The summed E-state index contributed by atoms with van der Waals surface area (Å²) in [6, 6.07) is 0. The Bertz CT molecular complexity index is 175. The average Bonchev–Trinajstić information content (AvgIpc) is 2.51. The van der Waals surface area contributed by atoms with E-state index in [-0.39, 0.29) is 5.91 Å². The molecule has 0 radical (unpaired) electrons. The van der Waals surface area contributed by atoms with Crippen LogP contribution in [0.15, 0.2) is 0 Å². The number of ether oxygens (including phenoxy) is 1. The van der Waals surface area contributed by atoms with Crippen LogP contribution in [0.1, 0.15) is 66.7 Å². The summed E-state index contributed by atoms with van der Waals surface area (Å²) < 4.78 is 5.29. The van der Waals surface area contributed by atoms with Gasteiger partial charge in [-0.1, -0.05) is 40.5 Å². The molecule has 4 nitrogen and oxygen atoms in total. The number of hydrogen-bond donors (Lipinski definition) is 1. The van der Waals surface area contributed by atoms with Crippen LogP contribution in [0, 0.1) is 0 Å². The predicted molar refractivity (Wildman–Crippen MR) is 87.0 cm³/mol. The van der Waals surface area contributed by atoms with Gasteiger partial charge in [0.15, 0.2) is 0 Å². The van der Waals surface area contributed by atoms with Crippen molar-refractivity contribution in [3.05, 3.63) is 0 Å². The first-order valence-corrected chi connectivity index (χ1v) is 8.06. The third kappa shape index (κ3) is 17.4. The van der Waals surface area contributed by atoms with E-state index in [4.69, 9.17) is 9.84 Å². The Morgan fingerprint density at radius 3 is 2.05 bits per heavy atom. The first-order valence-electron chi connectivity index (χ1n) is 8.06. The van der Waals surface area contributed by atoms with Gasteiger partial charge in [-0.15, -0.1) is 0 Å². The standard InChI is InChI=1S/C13H27NO2.C2H6.CH4O/c1-4-7-8-9-13(15)14(10-5-2)11-12-16-6-3;2*1-2/h4-12H2,1-3H3;1-2H3;2H,1H3. The fourth-order valence-electron chi connectivity index (χ4n) is 1.63. The van der Waals surface area contributed by atoms with Crippen LogP contribution in [-0.4, -0.2) is 49.3 Å². The van der Waals surface area contributed by atoms with Gasteiger partial charge < -0.3 is 14.7 Å². The van der Waals surface area contributed by atoms with Gasteiger partial charge in [0, 0.05) is 33.2 Å². The summed E-state index contributed by atoms with van der Waals surface area (Å²) in [4.78, 5) is 13.8. The molecule has 0 saturated carbocycles. The van der Waals surface area contributed by atoms with Gasteiger partial charge in [0.25, 0.3) is 0 Å². The van der Waals surface area contributed by atoms with Crippen molar-refractivity contribution in [1.82, 2.24) is 4.90 Å². The number of nitrogens with zero attached hydrogens (tertiary/aromatic N) is 1. The minimum Gasteiger partial charge on any atom is -0.400 e. The molecule has 0 unspecified atom stereocenters. The molecule has 1 N–H and O–H groups in total. The van der Waals surface area contributed by atoms with Crippen molar-refractivity contribution in [2.75, 3.05) is 33.4 Å². The van der Waals surface area contributed by atoms with E-state index in [1.54, 1.807) is 0 Å². The number of carbonyl (C=O) groups excluding carboxylic acids is 1. The second-order valence-corrected chi connectivity index (χ2v) is 4.03. The van der Waals surface area contributed by atoms with E-state index >= 15 is 0 Å². The molecular weight excluding hydrogens is 254 g/mol. The lowest BCUT2D eigenvalue weighted by atomic mass is 10.2. The van der Waals surface area contributed by atoms with Crippen molar-refractivity contribution in [3.8, 4) is 0 Å². The summed E-state index contributed by atoms with van der Waals surface area (Å²) >= 11 is 0. The number of aliphatic hydroxyl groups is 1. The van der Waals surface area contributed by atoms with Gasteiger partial charge in [0.05, 0.1) is 6.61 Å². The second-order valence-electron chi connectivity index (χ2n) is 4.03. The Hall–Kier alpha value is -0.610. The van der Waals surface area contributed by atoms with Crippen LogP contribution in [0.4, 0.5) is 0 Å². The molecule has 0 aliphatic carbocycles. The topological polar surface area (TPSA) is 49.8 Å². The Labute approximate surface area is 126 Å². The number of rotatable bonds is 10. The van der Waals surface area contributed by atoms with Gasteiger partial charge in [-0.3, -0.25) is 4.79 Å². The number of carbonyl (C=O) groups is 1. The van der Waals surface area contributed by atoms with Crippen molar-refractivity contribution in [2.24, 2.45) is 0 Å². The molecule has 0 rings (SSSR count). The molecule has 0 aromatic heterocycles. The molecule has 0 aliphatic heterocycles. The zero-order chi connectivity index (χ0) is 16.2. The normalized spacial score (nSPS) is 8.95. The third-order valence-corrected chi connectivity index (χ3v) is 2.55. The minimum absolute atomic E-state index is 0.287. The summed E-state index contributed by atoms with van der Waals surface area (Å²) in [6.45, 7) is 13.2. The first-order chi connectivity index (χ1) is 9.76. The molecule has 0 aliphatic rings. The Kier molecular flexibility index (Phi) is 28.7. The van der Waals surface area contributed by atoms with Crippen molar-refractivity contribution >= 4 is 5.91 Å². The summed E-state index contributed by atoms with van der Waals surface area (Å²) in [5.41, 5.74) is 0. The first kappa shape index (κ1) is 24.4. The predicted octanol–water partition coefficient (Wildman–Crippen LogP) is 3.48. The Morgan fingerprint density at radius 1 is 1.00 bits per heavy atom. The number of unbranched alkanes of at least 4 members (excludes halogenated alkanes) is 2. The SMILES string of the molecule is CC.CCCCCC(=O)N(CCC)CCOCC.CO. The van der Waals surface area contributed by atoms with Crippen molar-refractivity contribution < 1.29 is 14.6 Å². The van der Waals surface area contributed by atoms with Crippen LogP contribution in [-0.2, 0) is 9.53 Å². The summed E-state index contributed by atoms with van der Waals surface area (Å²) in [5, 5.41) is 7.00. The maximum Gasteiger partial charge on any atom is 0.222 e. The highest BCUT2D eigenvalue weighted by Gasteiger charge is 2.11. The zero-order valence-electron chi connectivity index (χ0n) is 14.6.